The number of sulfonamides is 1. The Balaban J connectivity index is 2.72. The molecule has 1 heterocycles. The molecule has 0 amide bonds. The van der Waals surface area contributed by atoms with E-state index in [4.69, 9.17) is 9.84 Å². The Bertz CT molecular complexity index is 326. The summed E-state index contributed by atoms with van der Waals surface area (Å²) in [6.07, 6.45) is -0.906. The minimum atomic E-state index is -3.85. The molecular formula is C7H13NO6S. The summed E-state index contributed by atoms with van der Waals surface area (Å²) in [5.41, 5.74) is 0. The maximum Gasteiger partial charge on any atom is 0.320 e. The molecule has 15 heavy (non-hydrogen) atoms. The number of ether oxygens (including phenoxy) is 1. The lowest BCUT2D eigenvalue weighted by molar-refractivity contribution is -0.134. The highest BCUT2D eigenvalue weighted by atomic mass is 32.2. The van der Waals surface area contributed by atoms with Crippen molar-refractivity contribution in [2.75, 3.05) is 32.1 Å². The van der Waals surface area contributed by atoms with Crippen molar-refractivity contribution in [3.8, 4) is 0 Å². The summed E-state index contributed by atoms with van der Waals surface area (Å²) >= 11 is 0. The summed E-state index contributed by atoms with van der Waals surface area (Å²) < 4.78 is 28.8. The highest BCUT2D eigenvalue weighted by Gasteiger charge is 2.28. The predicted molar refractivity (Wildman–Crippen MR) is 49.8 cm³/mol. The topological polar surface area (TPSA) is 104 Å². The Morgan fingerprint density at radius 1 is 1.53 bits per heavy atom. The number of rotatable bonds is 3. The molecule has 0 aromatic heterocycles. The third kappa shape index (κ3) is 3.74. The van der Waals surface area contributed by atoms with Gasteiger partial charge in [-0.1, -0.05) is 0 Å². The highest BCUT2D eigenvalue weighted by Crippen LogP contribution is 2.07. The zero-order valence-corrected chi connectivity index (χ0v) is 8.81. The molecule has 0 aromatic carbocycles. The molecular weight excluding hydrogens is 226 g/mol. The van der Waals surface area contributed by atoms with Gasteiger partial charge < -0.3 is 14.9 Å². The second-order valence-electron chi connectivity index (χ2n) is 3.24. The van der Waals surface area contributed by atoms with Crippen LogP contribution in [0.4, 0.5) is 0 Å². The first kappa shape index (κ1) is 12.4. The van der Waals surface area contributed by atoms with Gasteiger partial charge in [0.2, 0.25) is 10.0 Å². The zero-order chi connectivity index (χ0) is 11.5. The quantitative estimate of drug-likeness (QED) is 0.595. The second kappa shape index (κ2) is 4.88. The smallest absolute Gasteiger partial charge is 0.320 e. The molecule has 0 aliphatic carbocycles. The van der Waals surface area contributed by atoms with Crippen LogP contribution in [0.2, 0.25) is 0 Å². The molecule has 8 heteroatoms. The number of carboxylic acids is 1. The molecule has 1 saturated heterocycles. The van der Waals surface area contributed by atoms with E-state index >= 15 is 0 Å². The van der Waals surface area contributed by atoms with E-state index in [1.165, 1.54) is 0 Å². The number of hydrogen-bond acceptors (Lipinski definition) is 5. The van der Waals surface area contributed by atoms with Crippen LogP contribution in [-0.4, -0.2) is 67.1 Å². The van der Waals surface area contributed by atoms with E-state index in [0.29, 0.717) is 0 Å². The van der Waals surface area contributed by atoms with E-state index < -0.39 is 27.8 Å². The fourth-order valence-electron chi connectivity index (χ4n) is 1.26. The van der Waals surface area contributed by atoms with Crippen LogP contribution in [0.25, 0.3) is 0 Å². The molecule has 1 atom stereocenters. The third-order valence-corrected chi connectivity index (χ3v) is 3.64. The average Bonchev–Trinajstić information content (AvgIpc) is 2.27. The van der Waals surface area contributed by atoms with Crippen molar-refractivity contribution in [1.29, 1.82) is 0 Å². The molecule has 1 aliphatic heterocycles. The Kier molecular flexibility index (Phi) is 4.03. The number of aliphatic hydroxyl groups is 1. The highest BCUT2D eigenvalue weighted by molar-refractivity contribution is 7.89. The molecule has 1 rings (SSSR count). The van der Waals surface area contributed by atoms with Crippen LogP contribution in [0, 0.1) is 0 Å². The first-order valence-corrected chi connectivity index (χ1v) is 5.98. The van der Waals surface area contributed by atoms with E-state index in [9.17, 15) is 18.3 Å². The van der Waals surface area contributed by atoms with Crippen LogP contribution in [0.1, 0.15) is 0 Å². The maximum atomic E-state index is 11.5. The summed E-state index contributed by atoms with van der Waals surface area (Å²) in [6, 6.07) is 0. The van der Waals surface area contributed by atoms with Gasteiger partial charge in [0.05, 0.1) is 19.3 Å². The van der Waals surface area contributed by atoms with Gasteiger partial charge in [0.15, 0.2) is 5.75 Å². The number of β-amino-alcohol motifs (C(OH)–C–C–N with tert-alkyl or cyclic N) is 1. The van der Waals surface area contributed by atoms with Gasteiger partial charge in [0.1, 0.15) is 0 Å². The summed E-state index contributed by atoms with van der Waals surface area (Å²) in [4.78, 5) is 10.3. The molecule has 1 aliphatic rings. The standard InChI is InChI=1S/C7H13NO6S/c9-6-3-8(1-2-14-4-6)15(12,13)5-7(10)11/h6,9H,1-5H2,(H,10,11). The summed E-state index contributed by atoms with van der Waals surface area (Å²) in [6.45, 7) is 0.192. The normalized spacial score (nSPS) is 24.7. The fraction of sp³-hybridized carbons (Fsp3) is 0.857. The first-order valence-electron chi connectivity index (χ1n) is 4.37. The van der Waals surface area contributed by atoms with Crippen LogP contribution >= 0.6 is 0 Å². The van der Waals surface area contributed by atoms with Crippen molar-refractivity contribution in [1.82, 2.24) is 4.31 Å². The predicted octanol–water partition coefficient (Wildman–Crippen LogP) is -1.91. The lowest BCUT2D eigenvalue weighted by Crippen LogP contribution is -2.40. The van der Waals surface area contributed by atoms with E-state index in [1.54, 1.807) is 0 Å². The number of hydrogen-bond donors (Lipinski definition) is 2. The number of aliphatic carboxylic acids is 1. The van der Waals surface area contributed by atoms with Gasteiger partial charge in [-0.05, 0) is 0 Å². The van der Waals surface area contributed by atoms with Crippen molar-refractivity contribution in [2.24, 2.45) is 0 Å². The Morgan fingerprint density at radius 2 is 2.20 bits per heavy atom. The number of carbonyl (C=O) groups is 1. The molecule has 1 fully saturated rings. The lowest BCUT2D eigenvalue weighted by Gasteiger charge is -2.19. The van der Waals surface area contributed by atoms with Crippen molar-refractivity contribution in [3.63, 3.8) is 0 Å². The van der Waals surface area contributed by atoms with Crippen molar-refractivity contribution in [3.05, 3.63) is 0 Å². The van der Waals surface area contributed by atoms with Crippen molar-refractivity contribution >= 4 is 16.0 Å². The van der Waals surface area contributed by atoms with Gasteiger partial charge in [-0.15, -0.1) is 0 Å². The van der Waals surface area contributed by atoms with E-state index in [0.717, 1.165) is 4.31 Å². The van der Waals surface area contributed by atoms with E-state index in [1.807, 2.05) is 0 Å². The van der Waals surface area contributed by atoms with Crippen molar-refractivity contribution < 1.29 is 28.2 Å². The van der Waals surface area contributed by atoms with Crippen LogP contribution in [-0.2, 0) is 19.6 Å². The molecule has 0 aromatic rings. The molecule has 0 bridgehead atoms. The van der Waals surface area contributed by atoms with Crippen LogP contribution in [0.3, 0.4) is 0 Å². The van der Waals surface area contributed by atoms with Crippen LogP contribution < -0.4 is 0 Å². The fourth-order valence-corrected chi connectivity index (χ4v) is 2.51. The monoisotopic (exact) mass is 239 g/mol. The molecule has 0 saturated carbocycles. The maximum absolute atomic E-state index is 11.5. The minimum absolute atomic E-state index is 0.0685. The van der Waals surface area contributed by atoms with E-state index in [2.05, 4.69) is 0 Å². The Hall–Kier alpha value is -0.700. The summed E-state index contributed by atoms with van der Waals surface area (Å²) in [7, 11) is -3.85. The Labute approximate surface area is 87.3 Å². The average molecular weight is 239 g/mol. The van der Waals surface area contributed by atoms with E-state index in [-0.39, 0.29) is 26.3 Å². The van der Waals surface area contributed by atoms with Gasteiger partial charge in [-0.25, -0.2) is 8.42 Å². The van der Waals surface area contributed by atoms with Gasteiger partial charge in [-0.2, -0.15) is 4.31 Å². The Morgan fingerprint density at radius 3 is 2.80 bits per heavy atom. The number of nitrogens with zero attached hydrogens (tertiary/aromatic N) is 1. The molecule has 0 radical (unpaired) electrons. The minimum Gasteiger partial charge on any atom is -0.480 e. The summed E-state index contributed by atoms with van der Waals surface area (Å²) in [5, 5.41) is 17.7. The SMILES string of the molecule is O=C(O)CS(=O)(=O)N1CCOCC(O)C1. The van der Waals surface area contributed by atoms with Gasteiger partial charge >= 0.3 is 5.97 Å². The largest absolute Gasteiger partial charge is 0.480 e. The van der Waals surface area contributed by atoms with Gasteiger partial charge in [0.25, 0.3) is 0 Å². The molecule has 0 spiro atoms. The van der Waals surface area contributed by atoms with Gasteiger partial charge in [-0.3, -0.25) is 4.79 Å². The second-order valence-corrected chi connectivity index (χ2v) is 5.21. The van der Waals surface area contributed by atoms with Crippen LogP contribution in [0.5, 0.6) is 0 Å². The zero-order valence-electron chi connectivity index (χ0n) is 8.00. The van der Waals surface area contributed by atoms with Crippen molar-refractivity contribution in [2.45, 2.75) is 6.10 Å². The lowest BCUT2D eigenvalue weighted by atomic mass is 10.4. The number of aliphatic hydroxyl groups excluding tert-OH is 1. The molecule has 88 valence electrons. The molecule has 7 nitrogen and oxygen atoms in total. The molecule has 2 N–H and O–H groups in total. The van der Waals surface area contributed by atoms with Gasteiger partial charge in [0, 0.05) is 13.1 Å². The summed E-state index contributed by atoms with van der Waals surface area (Å²) in [5.74, 6) is -2.37. The number of carboxylic acid groups (broad SMARTS) is 1. The first-order chi connectivity index (χ1) is 6.92. The van der Waals surface area contributed by atoms with Crippen LogP contribution in [0.15, 0.2) is 0 Å². The molecule has 1 unspecified atom stereocenters. The third-order valence-electron chi connectivity index (χ3n) is 1.91.